The Morgan fingerprint density at radius 2 is 2.10 bits per heavy atom. The molecule has 1 aromatic carbocycles. The van der Waals surface area contributed by atoms with Crippen LogP contribution in [0.4, 0.5) is 0 Å². The average Bonchev–Trinajstić information content (AvgIpc) is 3.02. The molecule has 8 heteroatoms. The molecular formula is C22H28N2O4S2. The third kappa shape index (κ3) is 5.62. The van der Waals surface area contributed by atoms with Crippen molar-refractivity contribution in [3.63, 3.8) is 0 Å². The van der Waals surface area contributed by atoms with Gasteiger partial charge >= 0.3 is 0 Å². The van der Waals surface area contributed by atoms with Gasteiger partial charge in [-0.1, -0.05) is 36.1 Å². The van der Waals surface area contributed by atoms with Crippen LogP contribution >= 0.6 is 24.0 Å². The van der Waals surface area contributed by atoms with Crippen LogP contribution in [0, 0.1) is 0 Å². The predicted octanol–water partition coefficient (Wildman–Crippen LogP) is 3.44. The zero-order valence-electron chi connectivity index (χ0n) is 17.2. The Bertz CT molecular complexity index is 808. The molecule has 0 aliphatic carbocycles. The molecule has 2 saturated heterocycles. The summed E-state index contributed by atoms with van der Waals surface area (Å²) in [7, 11) is 1.61. The molecule has 1 atom stereocenters. The lowest BCUT2D eigenvalue weighted by Crippen LogP contribution is -2.44. The average molecular weight is 449 g/mol. The van der Waals surface area contributed by atoms with Crippen molar-refractivity contribution in [3.8, 4) is 5.75 Å². The summed E-state index contributed by atoms with van der Waals surface area (Å²) in [6.07, 6.45) is 6.49. The largest absolute Gasteiger partial charge is 0.497 e. The molecule has 2 aliphatic rings. The van der Waals surface area contributed by atoms with Gasteiger partial charge in [-0.05, 0) is 55.9 Å². The second-order valence-electron chi connectivity index (χ2n) is 7.46. The number of likely N-dealkylation sites (tertiary alicyclic amines) is 1. The molecule has 3 rings (SSSR count). The van der Waals surface area contributed by atoms with E-state index in [0.29, 0.717) is 35.0 Å². The fourth-order valence-corrected chi connectivity index (χ4v) is 5.16. The van der Waals surface area contributed by atoms with Crippen molar-refractivity contribution < 1.29 is 19.4 Å². The van der Waals surface area contributed by atoms with Crippen LogP contribution in [0.25, 0.3) is 6.08 Å². The number of methoxy groups -OCH3 is 1. The van der Waals surface area contributed by atoms with Gasteiger partial charge in [-0.15, -0.1) is 0 Å². The molecule has 0 spiro atoms. The van der Waals surface area contributed by atoms with E-state index in [2.05, 4.69) is 0 Å². The van der Waals surface area contributed by atoms with Gasteiger partial charge in [0.15, 0.2) is 0 Å². The minimum atomic E-state index is -0.107. The monoisotopic (exact) mass is 448 g/mol. The van der Waals surface area contributed by atoms with E-state index < -0.39 is 0 Å². The predicted molar refractivity (Wildman–Crippen MR) is 123 cm³/mol. The van der Waals surface area contributed by atoms with E-state index in [-0.39, 0.29) is 24.5 Å². The van der Waals surface area contributed by atoms with E-state index >= 15 is 0 Å². The first-order chi connectivity index (χ1) is 14.5. The third-order valence-corrected chi connectivity index (χ3v) is 6.85. The second kappa shape index (κ2) is 10.9. The summed E-state index contributed by atoms with van der Waals surface area (Å²) in [5.74, 6) is 0.760. The summed E-state index contributed by atoms with van der Waals surface area (Å²) in [4.78, 5) is 29.5. The standard InChI is InChI=1S/C22H28N2O4S2/c1-28-18-9-7-16(8-10-18)15-19-21(27)24(22(29)30-19)13-4-6-20(26)23-12-3-2-5-17(23)11-14-25/h7-10,15,17,25H,2-6,11-14H2,1H3/b19-15-/t17-/m1/s1. The van der Waals surface area contributed by atoms with Gasteiger partial charge in [-0.2, -0.15) is 0 Å². The van der Waals surface area contributed by atoms with Crippen LogP contribution < -0.4 is 4.74 Å². The quantitative estimate of drug-likeness (QED) is 0.485. The molecular weight excluding hydrogens is 420 g/mol. The lowest BCUT2D eigenvalue weighted by molar-refractivity contribution is -0.135. The zero-order valence-corrected chi connectivity index (χ0v) is 18.8. The van der Waals surface area contributed by atoms with Crippen molar-refractivity contribution in [1.29, 1.82) is 0 Å². The molecule has 1 aromatic rings. The maximum Gasteiger partial charge on any atom is 0.266 e. The number of hydrogen-bond acceptors (Lipinski definition) is 6. The fraction of sp³-hybridized carbons (Fsp3) is 0.500. The Labute approximate surface area is 187 Å². The van der Waals surface area contributed by atoms with Crippen LogP contribution in [0.3, 0.4) is 0 Å². The van der Waals surface area contributed by atoms with Gasteiger partial charge in [0.2, 0.25) is 5.91 Å². The van der Waals surface area contributed by atoms with Crippen LogP contribution in [0.2, 0.25) is 0 Å². The normalized spacial score (nSPS) is 20.9. The number of piperidine rings is 1. The number of carbonyl (C=O) groups is 2. The highest BCUT2D eigenvalue weighted by Crippen LogP contribution is 2.33. The number of hydrogen-bond donors (Lipinski definition) is 1. The minimum absolute atomic E-state index is 0.103. The zero-order chi connectivity index (χ0) is 21.5. The van der Waals surface area contributed by atoms with Gasteiger partial charge in [-0.3, -0.25) is 14.5 Å². The maximum atomic E-state index is 12.8. The molecule has 0 unspecified atom stereocenters. The number of nitrogens with zero attached hydrogens (tertiary/aromatic N) is 2. The molecule has 0 saturated carbocycles. The molecule has 0 aromatic heterocycles. The molecule has 2 amide bonds. The van der Waals surface area contributed by atoms with E-state index in [9.17, 15) is 14.7 Å². The lowest BCUT2D eigenvalue weighted by atomic mass is 9.99. The van der Waals surface area contributed by atoms with Crippen molar-refractivity contribution >= 4 is 46.2 Å². The van der Waals surface area contributed by atoms with Gasteiger partial charge in [0.05, 0.1) is 12.0 Å². The molecule has 2 heterocycles. The van der Waals surface area contributed by atoms with E-state index in [0.717, 1.165) is 37.1 Å². The Morgan fingerprint density at radius 3 is 2.80 bits per heavy atom. The van der Waals surface area contributed by atoms with Gasteiger partial charge in [0.25, 0.3) is 5.91 Å². The molecule has 1 N–H and O–H groups in total. The number of aliphatic hydroxyl groups excluding tert-OH is 1. The number of thiocarbonyl (C=S) groups is 1. The summed E-state index contributed by atoms with van der Waals surface area (Å²) in [6.45, 7) is 1.30. The van der Waals surface area contributed by atoms with E-state index in [1.165, 1.54) is 11.8 Å². The summed E-state index contributed by atoms with van der Waals surface area (Å²) < 4.78 is 5.69. The molecule has 0 bridgehead atoms. The van der Waals surface area contributed by atoms with E-state index in [1.807, 2.05) is 35.2 Å². The van der Waals surface area contributed by atoms with Gasteiger partial charge in [0, 0.05) is 32.2 Å². The topological polar surface area (TPSA) is 70.1 Å². The Balaban J connectivity index is 1.54. The van der Waals surface area contributed by atoms with Crippen molar-refractivity contribution in [3.05, 3.63) is 34.7 Å². The number of ether oxygens (including phenoxy) is 1. The first-order valence-corrected chi connectivity index (χ1v) is 11.6. The van der Waals surface area contributed by atoms with Crippen LogP contribution in [-0.4, -0.2) is 63.9 Å². The highest BCUT2D eigenvalue weighted by atomic mass is 32.2. The van der Waals surface area contributed by atoms with Gasteiger partial charge < -0.3 is 14.7 Å². The SMILES string of the molecule is COc1ccc(/C=C2\SC(=S)N(CCCC(=O)N3CCCC[C@@H]3CCO)C2=O)cc1. The van der Waals surface area contributed by atoms with Crippen LogP contribution in [0.1, 0.15) is 44.1 Å². The van der Waals surface area contributed by atoms with Crippen molar-refractivity contribution in [2.45, 2.75) is 44.6 Å². The molecule has 0 radical (unpaired) electrons. The number of aliphatic hydroxyl groups is 1. The van der Waals surface area contributed by atoms with Gasteiger partial charge in [0.1, 0.15) is 10.1 Å². The molecule has 6 nitrogen and oxygen atoms in total. The Kier molecular flexibility index (Phi) is 8.30. The number of amides is 2. The van der Waals surface area contributed by atoms with Crippen molar-refractivity contribution in [2.75, 3.05) is 26.8 Å². The Hall–Kier alpha value is -1.90. The highest BCUT2D eigenvalue weighted by Gasteiger charge is 2.32. The van der Waals surface area contributed by atoms with Crippen LogP contribution in [-0.2, 0) is 9.59 Å². The fourth-order valence-electron chi connectivity index (χ4n) is 3.85. The lowest BCUT2D eigenvalue weighted by Gasteiger charge is -2.35. The van der Waals surface area contributed by atoms with E-state index in [1.54, 1.807) is 12.0 Å². The minimum Gasteiger partial charge on any atom is -0.497 e. The van der Waals surface area contributed by atoms with Gasteiger partial charge in [-0.25, -0.2) is 0 Å². The first-order valence-electron chi connectivity index (χ1n) is 10.3. The van der Waals surface area contributed by atoms with Crippen molar-refractivity contribution in [1.82, 2.24) is 9.80 Å². The van der Waals surface area contributed by atoms with Crippen LogP contribution in [0.5, 0.6) is 5.75 Å². The highest BCUT2D eigenvalue weighted by molar-refractivity contribution is 8.26. The molecule has 30 heavy (non-hydrogen) atoms. The number of rotatable bonds is 8. The van der Waals surface area contributed by atoms with Crippen molar-refractivity contribution in [2.24, 2.45) is 0 Å². The summed E-state index contributed by atoms with van der Waals surface area (Å²) in [5, 5.41) is 9.24. The number of benzene rings is 1. The van der Waals surface area contributed by atoms with E-state index in [4.69, 9.17) is 17.0 Å². The van der Waals surface area contributed by atoms with Crippen LogP contribution in [0.15, 0.2) is 29.2 Å². The second-order valence-corrected chi connectivity index (χ2v) is 9.13. The molecule has 2 fully saturated rings. The number of carbonyl (C=O) groups excluding carboxylic acids is 2. The first kappa shape index (κ1) is 22.8. The summed E-state index contributed by atoms with van der Waals surface area (Å²) in [6, 6.07) is 7.63. The summed E-state index contributed by atoms with van der Waals surface area (Å²) >= 11 is 6.69. The number of thioether (sulfide) groups is 1. The Morgan fingerprint density at radius 1 is 1.33 bits per heavy atom. The molecule has 2 aliphatic heterocycles. The summed E-state index contributed by atoms with van der Waals surface area (Å²) in [5.41, 5.74) is 0.909. The smallest absolute Gasteiger partial charge is 0.266 e. The molecule has 162 valence electrons. The third-order valence-electron chi connectivity index (χ3n) is 5.47. The maximum absolute atomic E-state index is 12.8.